The van der Waals surface area contributed by atoms with E-state index in [0.717, 1.165) is 6.07 Å². The monoisotopic (exact) mass is 302 g/mol. The molecule has 116 valence electrons. The first kappa shape index (κ1) is 15.6. The van der Waals surface area contributed by atoms with Crippen LogP contribution < -0.4 is 15.4 Å². The van der Waals surface area contributed by atoms with Gasteiger partial charge in [0.15, 0.2) is 0 Å². The van der Waals surface area contributed by atoms with Crippen LogP contribution in [0.15, 0.2) is 18.2 Å². The average Bonchev–Trinajstić information content (AvgIpc) is 2.84. The number of nitrogens with one attached hydrogen (secondary N) is 2. The predicted molar refractivity (Wildman–Crippen MR) is 72.1 cm³/mol. The zero-order chi connectivity index (χ0) is 15.6. The fraction of sp³-hybridized carbons (Fsp3) is 0.500. The lowest BCUT2D eigenvalue weighted by molar-refractivity contribution is -0.137. The van der Waals surface area contributed by atoms with Gasteiger partial charge in [0.1, 0.15) is 5.75 Å². The highest BCUT2D eigenvalue weighted by molar-refractivity contribution is 5.94. The summed E-state index contributed by atoms with van der Waals surface area (Å²) in [4.78, 5) is 12.1. The summed E-state index contributed by atoms with van der Waals surface area (Å²) in [6.07, 6.45) is -4.56. The number of alkyl halides is 3. The molecule has 2 rings (SSSR count). The lowest BCUT2D eigenvalue weighted by Crippen LogP contribution is -2.28. The first-order valence-corrected chi connectivity index (χ1v) is 6.59. The van der Waals surface area contributed by atoms with E-state index in [0.29, 0.717) is 13.1 Å². The molecule has 0 spiro atoms. The molecule has 1 fully saturated rings. The topological polar surface area (TPSA) is 50.4 Å². The minimum atomic E-state index is -4.56. The third-order valence-electron chi connectivity index (χ3n) is 3.64. The Bertz CT molecular complexity index is 531. The Labute approximate surface area is 120 Å². The van der Waals surface area contributed by atoms with Crippen LogP contribution in [0.3, 0.4) is 0 Å². The molecule has 0 bridgehead atoms. The van der Waals surface area contributed by atoms with Crippen LogP contribution in [0.25, 0.3) is 0 Å². The molecule has 4 nitrogen and oxygen atoms in total. The quantitative estimate of drug-likeness (QED) is 0.902. The SMILES string of the molecule is COc1ccc(NC(=O)[C@@H]2CNC[C@H]2C)c(C(F)(F)F)c1. The highest BCUT2D eigenvalue weighted by Crippen LogP contribution is 2.37. The van der Waals surface area contributed by atoms with Gasteiger partial charge >= 0.3 is 6.18 Å². The molecule has 2 N–H and O–H groups in total. The van der Waals surface area contributed by atoms with Crippen molar-refractivity contribution in [3.05, 3.63) is 23.8 Å². The van der Waals surface area contributed by atoms with Crippen molar-refractivity contribution < 1.29 is 22.7 Å². The van der Waals surface area contributed by atoms with Gasteiger partial charge in [0.2, 0.25) is 5.91 Å². The molecule has 7 heteroatoms. The molecular weight excluding hydrogens is 285 g/mol. The molecular formula is C14H17F3N2O2. The van der Waals surface area contributed by atoms with Crippen molar-refractivity contribution in [1.29, 1.82) is 0 Å². The molecule has 1 saturated heterocycles. The number of ether oxygens (including phenoxy) is 1. The first-order chi connectivity index (χ1) is 9.82. The van der Waals surface area contributed by atoms with Crippen molar-refractivity contribution in [2.24, 2.45) is 11.8 Å². The summed E-state index contributed by atoms with van der Waals surface area (Å²) in [6.45, 7) is 3.06. The fourth-order valence-electron chi connectivity index (χ4n) is 2.38. The summed E-state index contributed by atoms with van der Waals surface area (Å²) in [6, 6.07) is 3.49. The molecule has 1 aliphatic rings. The normalized spacial score (nSPS) is 22.1. The molecule has 2 atom stereocenters. The van der Waals surface area contributed by atoms with Crippen molar-refractivity contribution >= 4 is 11.6 Å². The van der Waals surface area contributed by atoms with E-state index < -0.39 is 17.6 Å². The molecule has 21 heavy (non-hydrogen) atoms. The van der Waals surface area contributed by atoms with Crippen LogP contribution in [-0.2, 0) is 11.0 Å². The molecule has 1 aromatic rings. The van der Waals surface area contributed by atoms with Gasteiger partial charge < -0.3 is 15.4 Å². The number of rotatable bonds is 3. The minimum Gasteiger partial charge on any atom is -0.497 e. The van der Waals surface area contributed by atoms with Crippen LogP contribution in [0, 0.1) is 11.8 Å². The van der Waals surface area contributed by atoms with Crippen LogP contribution in [0.1, 0.15) is 12.5 Å². The van der Waals surface area contributed by atoms with E-state index in [2.05, 4.69) is 10.6 Å². The van der Waals surface area contributed by atoms with Gasteiger partial charge in [-0.2, -0.15) is 13.2 Å². The third-order valence-corrected chi connectivity index (χ3v) is 3.64. The second-order valence-electron chi connectivity index (χ2n) is 5.14. The number of carbonyl (C=O) groups excluding carboxylic acids is 1. The summed E-state index contributed by atoms with van der Waals surface area (Å²) in [7, 11) is 1.29. The van der Waals surface area contributed by atoms with Crippen LogP contribution in [-0.4, -0.2) is 26.1 Å². The molecule has 0 aliphatic carbocycles. The fourth-order valence-corrected chi connectivity index (χ4v) is 2.38. The van der Waals surface area contributed by atoms with Gasteiger partial charge in [0.05, 0.1) is 24.3 Å². The lowest BCUT2D eigenvalue weighted by atomic mass is 9.97. The first-order valence-electron chi connectivity index (χ1n) is 6.59. The Kier molecular flexibility index (Phi) is 4.41. The number of carbonyl (C=O) groups is 1. The highest BCUT2D eigenvalue weighted by Gasteiger charge is 2.36. The van der Waals surface area contributed by atoms with Gasteiger partial charge in [-0.25, -0.2) is 0 Å². The van der Waals surface area contributed by atoms with E-state index in [4.69, 9.17) is 4.74 Å². The maximum Gasteiger partial charge on any atom is 0.418 e. The highest BCUT2D eigenvalue weighted by atomic mass is 19.4. The number of anilines is 1. The zero-order valence-corrected chi connectivity index (χ0v) is 11.8. The summed E-state index contributed by atoms with van der Waals surface area (Å²) < 4.78 is 44.0. The van der Waals surface area contributed by atoms with E-state index in [-0.39, 0.29) is 23.3 Å². The predicted octanol–water partition coefficient (Wildman–Crippen LogP) is 2.51. The molecule has 1 amide bonds. The number of hydrogen-bond acceptors (Lipinski definition) is 3. The Balaban J connectivity index is 2.25. The van der Waals surface area contributed by atoms with Crippen molar-refractivity contribution in [3.63, 3.8) is 0 Å². The number of amides is 1. The van der Waals surface area contributed by atoms with Crippen LogP contribution in [0.5, 0.6) is 5.75 Å². The smallest absolute Gasteiger partial charge is 0.418 e. The van der Waals surface area contributed by atoms with E-state index in [1.54, 1.807) is 0 Å². The summed E-state index contributed by atoms with van der Waals surface area (Å²) in [5, 5.41) is 5.44. The van der Waals surface area contributed by atoms with Gasteiger partial charge in [0.25, 0.3) is 0 Å². The third kappa shape index (κ3) is 3.47. The number of halogens is 3. The number of methoxy groups -OCH3 is 1. The van der Waals surface area contributed by atoms with Crippen LogP contribution in [0.4, 0.5) is 18.9 Å². The van der Waals surface area contributed by atoms with Gasteiger partial charge in [-0.15, -0.1) is 0 Å². The Morgan fingerprint density at radius 3 is 2.62 bits per heavy atom. The molecule has 1 aromatic carbocycles. The Hall–Kier alpha value is -1.76. The Morgan fingerprint density at radius 1 is 1.38 bits per heavy atom. The van der Waals surface area contributed by atoms with Gasteiger partial charge in [-0.05, 0) is 30.7 Å². The molecule has 1 heterocycles. The molecule has 0 aromatic heterocycles. The van der Waals surface area contributed by atoms with E-state index in [9.17, 15) is 18.0 Å². The maximum absolute atomic E-state index is 13.0. The molecule has 0 saturated carbocycles. The van der Waals surface area contributed by atoms with Crippen molar-refractivity contribution in [2.75, 3.05) is 25.5 Å². The summed E-state index contributed by atoms with van der Waals surface area (Å²) >= 11 is 0. The van der Waals surface area contributed by atoms with Gasteiger partial charge in [-0.3, -0.25) is 4.79 Å². The zero-order valence-electron chi connectivity index (χ0n) is 11.8. The van der Waals surface area contributed by atoms with Gasteiger partial charge in [0, 0.05) is 6.54 Å². The molecule has 0 unspecified atom stereocenters. The van der Waals surface area contributed by atoms with E-state index in [1.165, 1.54) is 19.2 Å². The maximum atomic E-state index is 13.0. The Morgan fingerprint density at radius 2 is 2.10 bits per heavy atom. The number of benzene rings is 1. The van der Waals surface area contributed by atoms with Crippen molar-refractivity contribution in [1.82, 2.24) is 5.32 Å². The van der Waals surface area contributed by atoms with Gasteiger partial charge in [-0.1, -0.05) is 6.92 Å². The van der Waals surface area contributed by atoms with E-state index in [1.807, 2.05) is 6.92 Å². The standard InChI is InChI=1S/C14H17F3N2O2/c1-8-6-18-7-10(8)13(20)19-12-4-3-9(21-2)5-11(12)14(15,16)17/h3-5,8,10,18H,6-7H2,1-2H3,(H,19,20)/t8-,10-/m1/s1. The number of hydrogen-bond donors (Lipinski definition) is 2. The molecule has 0 radical (unpaired) electrons. The van der Waals surface area contributed by atoms with Crippen molar-refractivity contribution in [2.45, 2.75) is 13.1 Å². The largest absolute Gasteiger partial charge is 0.497 e. The summed E-state index contributed by atoms with van der Waals surface area (Å²) in [5.41, 5.74) is -1.15. The second kappa shape index (κ2) is 5.93. The molecule has 1 aliphatic heterocycles. The van der Waals surface area contributed by atoms with Crippen LogP contribution >= 0.6 is 0 Å². The lowest BCUT2D eigenvalue weighted by Gasteiger charge is -2.18. The summed E-state index contributed by atoms with van der Waals surface area (Å²) in [5.74, 6) is -0.537. The van der Waals surface area contributed by atoms with E-state index >= 15 is 0 Å². The second-order valence-corrected chi connectivity index (χ2v) is 5.14. The minimum absolute atomic E-state index is 0.0937. The average molecular weight is 302 g/mol. The van der Waals surface area contributed by atoms with Crippen molar-refractivity contribution in [3.8, 4) is 5.75 Å². The van der Waals surface area contributed by atoms with Crippen LogP contribution in [0.2, 0.25) is 0 Å².